The van der Waals surface area contributed by atoms with Gasteiger partial charge in [0, 0.05) is 18.5 Å². The molecule has 0 radical (unpaired) electrons. The van der Waals surface area contributed by atoms with Crippen LogP contribution in [0, 0.1) is 0 Å². The lowest BCUT2D eigenvalue weighted by molar-refractivity contribution is -0.0135. The van der Waals surface area contributed by atoms with Crippen LogP contribution < -0.4 is 0 Å². The molecule has 0 saturated heterocycles. The second kappa shape index (κ2) is 7.61. The summed E-state index contributed by atoms with van der Waals surface area (Å²) in [6, 6.07) is 0. The van der Waals surface area contributed by atoms with E-state index in [4.69, 9.17) is 11.6 Å². The van der Waals surface area contributed by atoms with Crippen LogP contribution >= 0.6 is 11.6 Å². The number of hydrogen-bond donors (Lipinski definition) is 1. The highest BCUT2D eigenvalue weighted by atomic mass is 35.5. The molecule has 0 aromatic carbocycles. The molecule has 1 aromatic heterocycles. The molecule has 0 saturated carbocycles. The van der Waals surface area contributed by atoms with Crippen LogP contribution in [-0.2, 0) is 19.4 Å². The van der Waals surface area contributed by atoms with Crippen LogP contribution in [0.25, 0.3) is 0 Å². The summed E-state index contributed by atoms with van der Waals surface area (Å²) in [5.74, 6) is 0. The van der Waals surface area contributed by atoms with Crippen LogP contribution in [-0.4, -0.2) is 45.5 Å². The topological polar surface area (TPSA) is 41.3 Å². The Morgan fingerprint density at radius 3 is 2.19 bits per heavy atom. The Bertz CT molecular complexity index is 453. The lowest BCUT2D eigenvalue weighted by Crippen LogP contribution is -2.53. The van der Waals surface area contributed by atoms with Gasteiger partial charge in [-0.05, 0) is 40.3 Å². The van der Waals surface area contributed by atoms with E-state index in [-0.39, 0.29) is 5.54 Å². The zero-order chi connectivity index (χ0) is 16.2. The monoisotopic (exact) mass is 315 g/mol. The fraction of sp³-hybridized carbons (Fsp3) is 0.812. The molecule has 0 aliphatic rings. The molecule has 1 aromatic rings. The van der Waals surface area contributed by atoms with Crippen molar-refractivity contribution in [3.8, 4) is 0 Å². The van der Waals surface area contributed by atoms with E-state index in [1.54, 1.807) is 0 Å². The smallest absolute Gasteiger partial charge is 0.0850 e. The van der Waals surface area contributed by atoms with Crippen molar-refractivity contribution < 1.29 is 5.11 Å². The first kappa shape index (κ1) is 18.5. The van der Waals surface area contributed by atoms with Gasteiger partial charge in [0.05, 0.1) is 22.5 Å². The number of rotatable bonds is 8. The van der Waals surface area contributed by atoms with Crippen molar-refractivity contribution in [3.05, 3.63) is 16.4 Å². The molecule has 122 valence electrons. The molecule has 21 heavy (non-hydrogen) atoms. The minimum Gasteiger partial charge on any atom is -0.391 e. The molecule has 0 spiro atoms. The molecule has 0 fully saturated rings. The summed E-state index contributed by atoms with van der Waals surface area (Å²) >= 11 is 6.46. The number of halogens is 1. The van der Waals surface area contributed by atoms with Crippen molar-refractivity contribution in [1.82, 2.24) is 14.7 Å². The van der Waals surface area contributed by atoms with Gasteiger partial charge in [0.2, 0.25) is 0 Å². The normalized spacial score (nSPS) is 14.0. The number of aryl methyl sites for hydroxylation is 2. The van der Waals surface area contributed by atoms with Crippen molar-refractivity contribution >= 4 is 11.6 Å². The Balaban J connectivity index is 3.12. The van der Waals surface area contributed by atoms with Crippen LogP contribution in [0.4, 0.5) is 0 Å². The van der Waals surface area contributed by atoms with Gasteiger partial charge in [-0.25, -0.2) is 0 Å². The molecule has 4 nitrogen and oxygen atoms in total. The fourth-order valence-corrected chi connectivity index (χ4v) is 3.58. The summed E-state index contributed by atoms with van der Waals surface area (Å²) in [6.45, 7) is 9.13. The quantitative estimate of drug-likeness (QED) is 0.801. The predicted octanol–water partition coefficient (Wildman–Crippen LogP) is 3.14. The molecule has 0 aliphatic heterocycles. The largest absolute Gasteiger partial charge is 0.391 e. The zero-order valence-corrected chi connectivity index (χ0v) is 15.0. The van der Waals surface area contributed by atoms with Crippen LogP contribution in [0.3, 0.4) is 0 Å². The molecule has 5 heteroatoms. The maximum Gasteiger partial charge on any atom is 0.0850 e. The lowest BCUT2D eigenvalue weighted by atomic mass is 9.83. The van der Waals surface area contributed by atoms with Crippen LogP contribution in [0.1, 0.15) is 51.9 Å². The average molecular weight is 316 g/mol. The minimum atomic E-state index is -0.466. The summed E-state index contributed by atoms with van der Waals surface area (Å²) in [5, 5.41) is 16.1. The van der Waals surface area contributed by atoms with Gasteiger partial charge in [-0.1, -0.05) is 32.4 Å². The molecule has 0 amide bonds. The fourth-order valence-electron chi connectivity index (χ4n) is 3.24. The minimum absolute atomic E-state index is 0.224. The molecule has 0 bridgehead atoms. The van der Waals surface area contributed by atoms with E-state index in [2.05, 4.69) is 37.7 Å². The van der Waals surface area contributed by atoms with Gasteiger partial charge >= 0.3 is 0 Å². The van der Waals surface area contributed by atoms with Crippen molar-refractivity contribution in [1.29, 1.82) is 0 Å². The van der Waals surface area contributed by atoms with Crippen LogP contribution in [0.15, 0.2) is 0 Å². The average Bonchev–Trinajstić information content (AvgIpc) is 2.77. The lowest BCUT2D eigenvalue weighted by Gasteiger charge is -2.42. The Hall–Kier alpha value is -0.580. The molecule has 1 atom stereocenters. The van der Waals surface area contributed by atoms with Gasteiger partial charge < -0.3 is 10.0 Å². The van der Waals surface area contributed by atoms with Crippen molar-refractivity contribution in [2.75, 3.05) is 14.1 Å². The van der Waals surface area contributed by atoms with Gasteiger partial charge in [-0.3, -0.25) is 4.68 Å². The van der Waals surface area contributed by atoms with E-state index in [9.17, 15) is 5.11 Å². The summed E-state index contributed by atoms with van der Waals surface area (Å²) in [7, 11) is 4.07. The molecule has 1 rings (SSSR count). The van der Waals surface area contributed by atoms with E-state index >= 15 is 0 Å². The molecule has 1 unspecified atom stereocenters. The van der Waals surface area contributed by atoms with Gasteiger partial charge in [-0.15, -0.1) is 0 Å². The van der Waals surface area contributed by atoms with Gasteiger partial charge in [-0.2, -0.15) is 5.10 Å². The Morgan fingerprint density at radius 2 is 1.81 bits per heavy atom. The molecule has 1 heterocycles. The van der Waals surface area contributed by atoms with E-state index in [1.807, 2.05) is 18.8 Å². The maximum absolute atomic E-state index is 10.9. The van der Waals surface area contributed by atoms with Crippen LogP contribution in [0.2, 0.25) is 5.02 Å². The third-order valence-corrected chi connectivity index (χ3v) is 5.25. The predicted molar refractivity (Wildman–Crippen MR) is 89.0 cm³/mol. The van der Waals surface area contributed by atoms with Gasteiger partial charge in [0.15, 0.2) is 0 Å². The molecule has 0 aliphatic carbocycles. The van der Waals surface area contributed by atoms with E-state index < -0.39 is 6.10 Å². The van der Waals surface area contributed by atoms with E-state index in [0.29, 0.717) is 6.42 Å². The zero-order valence-electron chi connectivity index (χ0n) is 14.3. The maximum atomic E-state index is 10.9. The number of hydrogen-bond acceptors (Lipinski definition) is 3. The van der Waals surface area contributed by atoms with Gasteiger partial charge in [0.25, 0.3) is 0 Å². The summed E-state index contributed by atoms with van der Waals surface area (Å²) in [5.41, 5.74) is 1.65. The molecular weight excluding hydrogens is 286 g/mol. The third kappa shape index (κ3) is 3.43. The summed E-state index contributed by atoms with van der Waals surface area (Å²) < 4.78 is 1.93. The summed E-state index contributed by atoms with van der Waals surface area (Å²) in [6.07, 6.45) is 2.69. The van der Waals surface area contributed by atoms with E-state index in [1.165, 1.54) is 0 Å². The highest BCUT2D eigenvalue weighted by molar-refractivity contribution is 6.31. The Kier molecular flexibility index (Phi) is 6.70. The first-order valence-electron chi connectivity index (χ1n) is 7.97. The van der Waals surface area contributed by atoms with Gasteiger partial charge in [0.1, 0.15) is 0 Å². The van der Waals surface area contributed by atoms with Crippen molar-refractivity contribution in [3.63, 3.8) is 0 Å². The highest BCUT2D eigenvalue weighted by Crippen LogP contribution is 2.30. The van der Waals surface area contributed by atoms with Crippen LogP contribution in [0.5, 0.6) is 0 Å². The first-order valence-corrected chi connectivity index (χ1v) is 8.35. The third-order valence-electron chi connectivity index (χ3n) is 4.82. The Morgan fingerprint density at radius 1 is 1.24 bits per heavy atom. The summed E-state index contributed by atoms with van der Waals surface area (Å²) in [4.78, 5) is 2.14. The first-order chi connectivity index (χ1) is 9.87. The number of aromatic nitrogens is 2. The molecule has 1 N–H and O–H groups in total. The van der Waals surface area contributed by atoms with E-state index in [0.717, 1.165) is 42.2 Å². The highest BCUT2D eigenvalue weighted by Gasteiger charge is 2.37. The number of nitrogens with zero attached hydrogens (tertiary/aromatic N) is 3. The second-order valence-corrected chi connectivity index (χ2v) is 6.18. The molecular formula is C16H30ClN3O. The van der Waals surface area contributed by atoms with Crippen molar-refractivity contribution in [2.24, 2.45) is 0 Å². The standard InChI is InChI=1S/C16H30ClN3O/c1-7-12-15(17)13(20(10-4)18-12)11-14(21)16(8-2,9-3)19(5)6/h14,21H,7-11H2,1-6H3. The number of aliphatic hydroxyl groups is 1. The second-order valence-electron chi connectivity index (χ2n) is 5.80. The van der Waals surface area contributed by atoms with Crippen molar-refractivity contribution in [2.45, 2.75) is 71.6 Å². The number of aliphatic hydroxyl groups excluding tert-OH is 1. The Labute approximate surface area is 134 Å². The number of likely N-dealkylation sites (N-methyl/N-ethyl adjacent to an activating group) is 1. The SMILES string of the molecule is CCc1nn(CC)c(CC(O)C(CC)(CC)N(C)C)c1Cl.